The summed E-state index contributed by atoms with van der Waals surface area (Å²) in [6, 6.07) is 7.41. The van der Waals surface area contributed by atoms with E-state index in [1.54, 1.807) is 0 Å². The molecule has 0 heterocycles. The maximum atomic E-state index is 11.8. The molecule has 0 unspecified atom stereocenters. The molecule has 1 aromatic rings. The van der Waals surface area contributed by atoms with E-state index in [0.717, 1.165) is 18.7 Å². The summed E-state index contributed by atoms with van der Waals surface area (Å²) in [7, 11) is 1.95. The van der Waals surface area contributed by atoms with Crippen LogP contribution in [0.4, 0.5) is 0 Å². The Hall–Kier alpha value is -1.06. The minimum atomic E-state index is 0.0831. The lowest BCUT2D eigenvalue weighted by Gasteiger charge is -2.15. The zero-order valence-electron chi connectivity index (χ0n) is 10.6. The van der Waals surface area contributed by atoms with Gasteiger partial charge in [0.2, 0.25) is 5.91 Å². The maximum Gasteiger partial charge on any atom is 0.224 e. The highest BCUT2D eigenvalue weighted by molar-refractivity contribution is 6.30. The Morgan fingerprint density at radius 2 is 1.94 bits per heavy atom. The second kappa shape index (κ2) is 5.72. The molecule has 1 aliphatic rings. The van der Waals surface area contributed by atoms with Crippen LogP contribution in [0.1, 0.15) is 18.4 Å². The van der Waals surface area contributed by atoms with Gasteiger partial charge in [0.15, 0.2) is 0 Å². The van der Waals surface area contributed by atoms with E-state index in [4.69, 9.17) is 11.6 Å². The van der Waals surface area contributed by atoms with Gasteiger partial charge >= 0.3 is 0 Å². The van der Waals surface area contributed by atoms with Gasteiger partial charge in [-0.2, -0.15) is 0 Å². The summed E-state index contributed by atoms with van der Waals surface area (Å²) in [6.07, 6.45) is 2.83. The van der Waals surface area contributed by atoms with E-state index in [2.05, 4.69) is 10.6 Å². The van der Waals surface area contributed by atoms with Gasteiger partial charge in [0, 0.05) is 23.5 Å². The number of halogens is 1. The minimum Gasteiger partial charge on any atom is -0.355 e. The Labute approximate surface area is 113 Å². The van der Waals surface area contributed by atoms with Crippen LogP contribution in [0, 0.1) is 5.41 Å². The summed E-state index contributed by atoms with van der Waals surface area (Å²) in [5.74, 6) is 0.0831. The van der Waals surface area contributed by atoms with Crippen LogP contribution in [0.2, 0.25) is 5.02 Å². The molecule has 18 heavy (non-hydrogen) atoms. The van der Waals surface area contributed by atoms with Gasteiger partial charge in [0.05, 0.1) is 6.42 Å². The van der Waals surface area contributed by atoms with Crippen LogP contribution in [-0.4, -0.2) is 26.0 Å². The number of rotatable bonds is 6. The van der Waals surface area contributed by atoms with E-state index in [1.165, 1.54) is 12.8 Å². The first-order chi connectivity index (χ1) is 8.63. The summed E-state index contributed by atoms with van der Waals surface area (Å²) in [4.78, 5) is 11.8. The summed E-state index contributed by atoms with van der Waals surface area (Å²) in [5.41, 5.74) is 1.31. The topological polar surface area (TPSA) is 41.1 Å². The van der Waals surface area contributed by atoms with Crippen LogP contribution < -0.4 is 10.6 Å². The number of hydrogen-bond donors (Lipinski definition) is 2. The number of carbonyl (C=O) groups is 1. The van der Waals surface area contributed by atoms with Crippen molar-refractivity contribution in [2.75, 3.05) is 20.1 Å². The standard InChI is InChI=1S/C14H19ClN2O/c1-16-9-14(6-7-14)10-17-13(18)8-11-2-4-12(15)5-3-11/h2-5,16H,6-10H2,1H3,(H,17,18). The van der Waals surface area contributed by atoms with Crippen molar-refractivity contribution in [3.8, 4) is 0 Å². The molecule has 3 nitrogen and oxygen atoms in total. The quantitative estimate of drug-likeness (QED) is 0.827. The van der Waals surface area contributed by atoms with Crippen molar-refractivity contribution in [3.63, 3.8) is 0 Å². The maximum absolute atomic E-state index is 11.8. The van der Waals surface area contributed by atoms with E-state index >= 15 is 0 Å². The Morgan fingerprint density at radius 1 is 1.28 bits per heavy atom. The van der Waals surface area contributed by atoms with Crippen molar-refractivity contribution in [1.82, 2.24) is 10.6 Å². The Kier molecular flexibility index (Phi) is 4.25. The first-order valence-corrected chi connectivity index (χ1v) is 6.67. The molecule has 2 N–H and O–H groups in total. The molecule has 98 valence electrons. The molecule has 4 heteroatoms. The van der Waals surface area contributed by atoms with Crippen LogP contribution in [0.5, 0.6) is 0 Å². The van der Waals surface area contributed by atoms with Gasteiger partial charge in [0.25, 0.3) is 0 Å². The number of hydrogen-bond acceptors (Lipinski definition) is 2. The monoisotopic (exact) mass is 266 g/mol. The third-order valence-corrected chi connectivity index (χ3v) is 3.70. The Morgan fingerprint density at radius 3 is 2.50 bits per heavy atom. The predicted octanol–water partition coefficient (Wildman–Crippen LogP) is 2.00. The summed E-state index contributed by atoms with van der Waals surface area (Å²) < 4.78 is 0. The van der Waals surface area contributed by atoms with E-state index in [9.17, 15) is 4.79 Å². The smallest absolute Gasteiger partial charge is 0.224 e. The average Bonchev–Trinajstić information content (AvgIpc) is 3.11. The van der Waals surface area contributed by atoms with Crippen molar-refractivity contribution in [2.45, 2.75) is 19.3 Å². The number of carbonyl (C=O) groups excluding carboxylic acids is 1. The normalized spacial score (nSPS) is 16.3. The third-order valence-electron chi connectivity index (χ3n) is 3.45. The molecule has 0 aliphatic heterocycles. The van der Waals surface area contributed by atoms with E-state index in [1.807, 2.05) is 31.3 Å². The number of amides is 1. The Balaban J connectivity index is 1.77. The lowest BCUT2D eigenvalue weighted by atomic mass is 10.1. The zero-order chi connectivity index (χ0) is 13.0. The molecule has 1 fully saturated rings. The lowest BCUT2D eigenvalue weighted by Crippen LogP contribution is -2.35. The highest BCUT2D eigenvalue weighted by Crippen LogP contribution is 2.44. The van der Waals surface area contributed by atoms with Gasteiger partial charge in [-0.25, -0.2) is 0 Å². The fourth-order valence-electron chi connectivity index (χ4n) is 2.10. The summed E-state index contributed by atoms with van der Waals surface area (Å²) in [5, 5.41) is 6.90. The highest BCUT2D eigenvalue weighted by Gasteiger charge is 2.41. The largest absolute Gasteiger partial charge is 0.355 e. The molecule has 1 amide bonds. The second-order valence-corrected chi connectivity index (χ2v) is 5.55. The van der Waals surface area contributed by atoms with Gasteiger partial charge < -0.3 is 10.6 Å². The van der Waals surface area contributed by atoms with Crippen molar-refractivity contribution in [1.29, 1.82) is 0 Å². The van der Waals surface area contributed by atoms with Gasteiger partial charge in [-0.05, 0) is 37.6 Å². The lowest BCUT2D eigenvalue weighted by molar-refractivity contribution is -0.120. The first-order valence-electron chi connectivity index (χ1n) is 6.29. The van der Waals surface area contributed by atoms with Crippen molar-refractivity contribution in [2.24, 2.45) is 5.41 Å². The van der Waals surface area contributed by atoms with Crippen LogP contribution in [0.3, 0.4) is 0 Å². The van der Waals surface area contributed by atoms with Crippen LogP contribution in [0.25, 0.3) is 0 Å². The van der Waals surface area contributed by atoms with Gasteiger partial charge in [-0.1, -0.05) is 23.7 Å². The number of nitrogens with one attached hydrogen (secondary N) is 2. The molecule has 1 saturated carbocycles. The summed E-state index contributed by atoms with van der Waals surface area (Å²) in [6.45, 7) is 1.76. The van der Waals surface area contributed by atoms with E-state index < -0.39 is 0 Å². The summed E-state index contributed by atoms with van der Waals surface area (Å²) >= 11 is 5.80. The average molecular weight is 267 g/mol. The molecular formula is C14H19ClN2O. The van der Waals surface area contributed by atoms with Crippen molar-refractivity contribution in [3.05, 3.63) is 34.9 Å². The van der Waals surface area contributed by atoms with Gasteiger partial charge in [-0.15, -0.1) is 0 Å². The molecule has 1 aromatic carbocycles. The second-order valence-electron chi connectivity index (χ2n) is 5.11. The van der Waals surface area contributed by atoms with Gasteiger partial charge in [-0.3, -0.25) is 4.79 Å². The third kappa shape index (κ3) is 3.72. The SMILES string of the molecule is CNCC1(CNC(=O)Cc2ccc(Cl)cc2)CC1. The van der Waals surface area contributed by atoms with Gasteiger partial charge in [0.1, 0.15) is 0 Å². The molecule has 0 saturated heterocycles. The minimum absolute atomic E-state index is 0.0831. The molecule has 1 aliphatic carbocycles. The molecular weight excluding hydrogens is 248 g/mol. The van der Waals surface area contributed by atoms with Crippen LogP contribution >= 0.6 is 11.6 Å². The predicted molar refractivity (Wildman–Crippen MR) is 73.8 cm³/mol. The Bertz CT molecular complexity index is 412. The van der Waals surface area contributed by atoms with E-state index in [0.29, 0.717) is 16.9 Å². The molecule has 2 rings (SSSR count). The fraction of sp³-hybridized carbons (Fsp3) is 0.500. The fourth-order valence-corrected chi connectivity index (χ4v) is 2.23. The zero-order valence-corrected chi connectivity index (χ0v) is 11.4. The van der Waals surface area contributed by atoms with Crippen LogP contribution in [-0.2, 0) is 11.2 Å². The van der Waals surface area contributed by atoms with Crippen LogP contribution in [0.15, 0.2) is 24.3 Å². The molecule has 0 spiro atoms. The van der Waals surface area contributed by atoms with E-state index in [-0.39, 0.29) is 5.91 Å². The van der Waals surface area contributed by atoms with Crippen molar-refractivity contribution >= 4 is 17.5 Å². The first kappa shape index (κ1) is 13.4. The highest BCUT2D eigenvalue weighted by atomic mass is 35.5. The molecule has 0 radical (unpaired) electrons. The molecule has 0 aromatic heterocycles. The molecule has 0 bridgehead atoms. The molecule has 0 atom stereocenters. The number of benzene rings is 1. The van der Waals surface area contributed by atoms with Crippen molar-refractivity contribution < 1.29 is 4.79 Å².